The largest absolute Gasteiger partial charge is 0.486 e. The van der Waals surface area contributed by atoms with Gasteiger partial charge in [0.25, 0.3) is 5.91 Å². The monoisotopic (exact) mass is 344 g/mol. The van der Waals surface area contributed by atoms with Crippen LogP contribution in [0, 0.1) is 0 Å². The Morgan fingerprint density at radius 1 is 1.20 bits per heavy atom. The minimum atomic E-state index is -0.332. The van der Waals surface area contributed by atoms with Gasteiger partial charge in [0.05, 0.1) is 12.8 Å². The fourth-order valence-corrected chi connectivity index (χ4v) is 2.53. The molecule has 2 heterocycles. The summed E-state index contributed by atoms with van der Waals surface area (Å²) >= 11 is 0. The smallest absolute Gasteiger partial charge is 0.286 e. The first-order valence-electron chi connectivity index (χ1n) is 8.07. The zero-order valence-corrected chi connectivity index (χ0v) is 13.9. The maximum atomic E-state index is 12.2. The third-order valence-electron chi connectivity index (χ3n) is 3.84. The van der Waals surface area contributed by atoms with Gasteiger partial charge in [-0.15, -0.1) is 0 Å². The highest BCUT2D eigenvalue weighted by Crippen LogP contribution is 2.30. The fourth-order valence-electron chi connectivity index (χ4n) is 2.53. The van der Waals surface area contributed by atoms with E-state index in [0.29, 0.717) is 24.7 Å². The van der Waals surface area contributed by atoms with E-state index in [9.17, 15) is 9.59 Å². The maximum Gasteiger partial charge on any atom is 0.286 e. The normalized spacial score (nSPS) is 15.5. The highest BCUT2D eigenvalue weighted by molar-refractivity contribution is 5.91. The fraction of sp³-hybridized carbons (Fsp3) is 0.333. The van der Waals surface area contributed by atoms with E-state index in [4.69, 9.17) is 13.9 Å². The zero-order chi connectivity index (χ0) is 17.6. The second-order valence-corrected chi connectivity index (χ2v) is 5.76. The minimum Gasteiger partial charge on any atom is -0.486 e. The van der Waals surface area contributed by atoms with E-state index in [0.717, 1.165) is 0 Å². The zero-order valence-electron chi connectivity index (χ0n) is 13.9. The van der Waals surface area contributed by atoms with E-state index in [2.05, 4.69) is 5.32 Å². The summed E-state index contributed by atoms with van der Waals surface area (Å²) < 4.78 is 16.5. The Balaban J connectivity index is 1.41. The molecule has 1 aliphatic rings. The second kappa shape index (κ2) is 7.74. The van der Waals surface area contributed by atoms with E-state index >= 15 is 0 Å². The van der Waals surface area contributed by atoms with Crippen molar-refractivity contribution in [1.29, 1.82) is 0 Å². The standard InChI is InChI=1S/C18H20N2O5/c1-20(11-13-12-24-14-5-2-3-6-15(14)25-13)17(21)8-9-19-18(22)16-7-4-10-23-16/h2-7,10,13H,8-9,11-12H2,1H3,(H,19,22)/t13-/m0/s1. The molecule has 2 amide bonds. The van der Waals surface area contributed by atoms with Gasteiger partial charge in [-0.2, -0.15) is 0 Å². The molecule has 0 aliphatic carbocycles. The number of para-hydroxylation sites is 2. The molecule has 0 fully saturated rings. The summed E-state index contributed by atoms with van der Waals surface area (Å²) in [5.41, 5.74) is 0. The van der Waals surface area contributed by atoms with Gasteiger partial charge in [0.15, 0.2) is 23.4 Å². The molecule has 1 N–H and O–H groups in total. The summed E-state index contributed by atoms with van der Waals surface area (Å²) in [6, 6.07) is 10.7. The maximum absolute atomic E-state index is 12.2. The number of carbonyl (C=O) groups excluding carboxylic acids is 2. The van der Waals surface area contributed by atoms with Crippen molar-refractivity contribution >= 4 is 11.8 Å². The van der Waals surface area contributed by atoms with Crippen molar-refractivity contribution in [1.82, 2.24) is 10.2 Å². The number of furan rings is 1. The first kappa shape index (κ1) is 16.9. The van der Waals surface area contributed by atoms with Crippen molar-refractivity contribution in [2.45, 2.75) is 12.5 Å². The molecule has 1 atom stereocenters. The van der Waals surface area contributed by atoms with E-state index in [1.807, 2.05) is 24.3 Å². The van der Waals surface area contributed by atoms with Crippen LogP contribution in [0.5, 0.6) is 11.5 Å². The predicted octanol–water partition coefficient (Wildman–Crippen LogP) is 1.70. The second-order valence-electron chi connectivity index (χ2n) is 5.76. The quantitative estimate of drug-likeness (QED) is 0.863. The first-order chi connectivity index (χ1) is 12.1. The number of hydrogen-bond donors (Lipinski definition) is 1. The van der Waals surface area contributed by atoms with Gasteiger partial charge in [-0.3, -0.25) is 9.59 Å². The average molecular weight is 344 g/mol. The molecule has 25 heavy (non-hydrogen) atoms. The summed E-state index contributed by atoms with van der Waals surface area (Å²) in [6.07, 6.45) is 1.41. The van der Waals surface area contributed by atoms with Gasteiger partial charge in [0, 0.05) is 20.0 Å². The Hall–Kier alpha value is -2.96. The van der Waals surface area contributed by atoms with Crippen LogP contribution in [-0.2, 0) is 4.79 Å². The van der Waals surface area contributed by atoms with Gasteiger partial charge < -0.3 is 24.1 Å². The summed E-state index contributed by atoms with van der Waals surface area (Å²) in [4.78, 5) is 25.5. The number of hydrogen-bond acceptors (Lipinski definition) is 5. The Labute approximate surface area is 145 Å². The van der Waals surface area contributed by atoms with Gasteiger partial charge in [-0.05, 0) is 24.3 Å². The summed E-state index contributed by atoms with van der Waals surface area (Å²) in [6.45, 7) is 1.05. The van der Waals surface area contributed by atoms with Gasteiger partial charge in [-0.1, -0.05) is 12.1 Å². The van der Waals surface area contributed by atoms with Crippen LogP contribution in [0.3, 0.4) is 0 Å². The van der Waals surface area contributed by atoms with Crippen molar-refractivity contribution in [3.8, 4) is 11.5 Å². The Kier molecular flexibility index (Phi) is 5.23. The van der Waals surface area contributed by atoms with Crippen molar-refractivity contribution in [3.05, 3.63) is 48.4 Å². The molecular weight excluding hydrogens is 324 g/mol. The number of fused-ring (bicyclic) bond motifs is 1. The number of amides is 2. The highest BCUT2D eigenvalue weighted by atomic mass is 16.6. The first-order valence-corrected chi connectivity index (χ1v) is 8.07. The molecule has 0 saturated carbocycles. The molecule has 0 spiro atoms. The summed E-state index contributed by atoms with van der Waals surface area (Å²) in [7, 11) is 1.71. The highest BCUT2D eigenvalue weighted by Gasteiger charge is 2.23. The molecule has 0 unspecified atom stereocenters. The molecule has 1 aliphatic heterocycles. The number of rotatable bonds is 6. The molecule has 3 rings (SSSR count). The lowest BCUT2D eigenvalue weighted by Gasteiger charge is -2.29. The molecule has 1 aromatic carbocycles. The molecule has 7 nitrogen and oxygen atoms in total. The van der Waals surface area contributed by atoms with Gasteiger partial charge in [-0.25, -0.2) is 0 Å². The number of likely N-dealkylation sites (N-methyl/N-ethyl adjacent to an activating group) is 1. The van der Waals surface area contributed by atoms with E-state index in [1.165, 1.54) is 6.26 Å². The number of nitrogens with zero attached hydrogens (tertiary/aromatic N) is 1. The van der Waals surface area contributed by atoms with Gasteiger partial charge in [0.2, 0.25) is 5.91 Å². The van der Waals surface area contributed by atoms with Crippen LogP contribution in [0.15, 0.2) is 47.1 Å². The van der Waals surface area contributed by atoms with Gasteiger partial charge >= 0.3 is 0 Å². The minimum absolute atomic E-state index is 0.0813. The Morgan fingerprint density at radius 2 is 2.00 bits per heavy atom. The summed E-state index contributed by atoms with van der Waals surface area (Å²) in [5, 5.41) is 2.65. The lowest BCUT2D eigenvalue weighted by atomic mass is 10.2. The molecule has 132 valence electrons. The molecule has 0 radical (unpaired) electrons. The van der Waals surface area contributed by atoms with Crippen LogP contribution in [0.2, 0.25) is 0 Å². The van der Waals surface area contributed by atoms with Crippen molar-refractivity contribution < 1.29 is 23.5 Å². The topological polar surface area (TPSA) is 81.0 Å². The molecule has 2 aromatic rings. The lowest BCUT2D eigenvalue weighted by molar-refractivity contribution is -0.131. The van der Waals surface area contributed by atoms with Crippen molar-refractivity contribution in [2.24, 2.45) is 0 Å². The SMILES string of the molecule is CN(C[C@H]1COc2ccccc2O1)C(=O)CCNC(=O)c1ccco1. The Morgan fingerprint density at radius 3 is 2.76 bits per heavy atom. The van der Waals surface area contributed by atoms with Crippen LogP contribution in [-0.4, -0.2) is 49.6 Å². The number of nitrogens with one attached hydrogen (secondary N) is 1. The van der Waals surface area contributed by atoms with Gasteiger partial charge in [0.1, 0.15) is 6.61 Å². The van der Waals surface area contributed by atoms with E-state index in [1.54, 1.807) is 24.1 Å². The Bertz CT molecular complexity index is 729. The van der Waals surface area contributed by atoms with Crippen LogP contribution < -0.4 is 14.8 Å². The average Bonchev–Trinajstić information content (AvgIpc) is 3.16. The van der Waals surface area contributed by atoms with Crippen LogP contribution in [0.4, 0.5) is 0 Å². The third-order valence-corrected chi connectivity index (χ3v) is 3.84. The van der Waals surface area contributed by atoms with Crippen LogP contribution in [0.1, 0.15) is 17.0 Å². The molecular formula is C18H20N2O5. The van der Waals surface area contributed by atoms with Crippen molar-refractivity contribution in [2.75, 3.05) is 26.7 Å². The van der Waals surface area contributed by atoms with E-state index < -0.39 is 0 Å². The lowest BCUT2D eigenvalue weighted by Crippen LogP contribution is -2.42. The number of benzene rings is 1. The number of carbonyl (C=O) groups is 2. The molecule has 7 heteroatoms. The third kappa shape index (κ3) is 4.32. The van der Waals surface area contributed by atoms with Crippen LogP contribution in [0.25, 0.3) is 0 Å². The molecule has 0 saturated heterocycles. The summed E-state index contributed by atoms with van der Waals surface area (Å²) in [5.74, 6) is 1.22. The van der Waals surface area contributed by atoms with Crippen LogP contribution >= 0.6 is 0 Å². The number of ether oxygens (including phenoxy) is 2. The predicted molar refractivity (Wildman–Crippen MR) is 89.6 cm³/mol. The molecule has 1 aromatic heterocycles. The van der Waals surface area contributed by atoms with E-state index in [-0.39, 0.29) is 36.6 Å². The molecule has 0 bridgehead atoms. The van der Waals surface area contributed by atoms with Crippen molar-refractivity contribution in [3.63, 3.8) is 0 Å².